The Labute approximate surface area is 71.7 Å². The highest BCUT2D eigenvalue weighted by Crippen LogP contribution is 2.24. The van der Waals surface area contributed by atoms with Crippen LogP contribution in [0.3, 0.4) is 0 Å². The molecule has 1 aliphatic heterocycles. The fraction of sp³-hybridized carbons (Fsp3) is 0.0909. The van der Waals surface area contributed by atoms with Gasteiger partial charge >= 0.3 is 0 Å². The lowest BCUT2D eigenvalue weighted by Gasteiger charge is -2.16. The number of para-hydroxylation sites is 1. The predicted molar refractivity (Wildman–Crippen MR) is 48.7 cm³/mol. The molecule has 58 valence electrons. The van der Waals surface area contributed by atoms with Crippen LogP contribution < -0.4 is 4.74 Å². The molecule has 1 atom stereocenters. The molecule has 0 saturated heterocycles. The van der Waals surface area contributed by atoms with Gasteiger partial charge in [0.05, 0.1) is 0 Å². The molecular formula is C11H8O. The van der Waals surface area contributed by atoms with Gasteiger partial charge in [0.1, 0.15) is 5.75 Å². The van der Waals surface area contributed by atoms with E-state index in [1.165, 1.54) is 0 Å². The van der Waals surface area contributed by atoms with E-state index >= 15 is 0 Å². The van der Waals surface area contributed by atoms with Crippen LogP contribution in [0.25, 0.3) is 6.08 Å². The molecule has 1 aromatic rings. The van der Waals surface area contributed by atoms with E-state index in [-0.39, 0.29) is 6.10 Å². The predicted octanol–water partition coefficient (Wildman–Crippen LogP) is 2.09. The number of hydrogen-bond acceptors (Lipinski definition) is 1. The molecule has 2 rings (SSSR count). The molecule has 1 aromatic carbocycles. The molecule has 1 unspecified atom stereocenters. The van der Waals surface area contributed by atoms with E-state index in [0.717, 1.165) is 11.3 Å². The maximum absolute atomic E-state index is 5.46. The van der Waals surface area contributed by atoms with Crippen molar-refractivity contribution in [2.24, 2.45) is 0 Å². The largest absolute Gasteiger partial charge is 0.473 e. The van der Waals surface area contributed by atoms with E-state index in [1.807, 2.05) is 36.4 Å². The topological polar surface area (TPSA) is 9.23 Å². The highest BCUT2D eigenvalue weighted by Gasteiger charge is 2.10. The molecule has 0 aliphatic carbocycles. The van der Waals surface area contributed by atoms with Crippen molar-refractivity contribution in [3.05, 3.63) is 35.9 Å². The second-order valence-electron chi connectivity index (χ2n) is 2.60. The molecule has 0 bridgehead atoms. The SMILES string of the molecule is C#CC1C=Cc2ccccc2O1. The van der Waals surface area contributed by atoms with Gasteiger partial charge in [0, 0.05) is 5.56 Å². The van der Waals surface area contributed by atoms with Gasteiger partial charge in [0.25, 0.3) is 0 Å². The Morgan fingerprint density at radius 2 is 2.17 bits per heavy atom. The van der Waals surface area contributed by atoms with Crippen LogP contribution in [0, 0.1) is 12.3 Å². The number of hydrogen-bond donors (Lipinski definition) is 0. The van der Waals surface area contributed by atoms with Crippen LogP contribution in [0.5, 0.6) is 5.75 Å². The lowest BCUT2D eigenvalue weighted by atomic mass is 10.1. The van der Waals surface area contributed by atoms with Gasteiger partial charge < -0.3 is 4.74 Å². The lowest BCUT2D eigenvalue weighted by molar-refractivity contribution is 0.301. The molecule has 0 spiro atoms. The van der Waals surface area contributed by atoms with Crippen molar-refractivity contribution in [3.8, 4) is 18.1 Å². The maximum atomic E-state index is 5.46. The van der Waals surface area contributed by atoms with Crippen LogP contribution in [0.1, 0.15) is 5.56 Å². The van der Waals surface area contributed by atoms with Gasteiger partial charge in [-0.05, 0) is 12.1 Å². The van der Waals surface area contributed by atoms with E-state index in [2.05, 4.69) is 5.92 Å². The number of fused-ring (bicyclic) bond motifs is 1. The van der Waals surface area contributed by atoms with Crippen LogP contribution in [-0.2, 0) is 0 Å². The van der Waals surface area contributed by atoms with E-state index < -0.39 is 0 Å². The molecule has 1 aliphatic rings. The first-order valence-electron chi connectivity index (χ1n) is 3.80. The third kappa shape index (κ3) is 1.08. The molecule has 0 N–H and O–H groups in total. The maximum Gasteiger partial charge on any atom is 0.177 e. The van der Waals surface area contributed by atoms with Crippen molar-refractivity contribution in [1.82, 2.24) is 0 Å². The summed E-state index contributed by atoms with van der Waals surface area (Å²) in [4.78, 5) is 0. The summed E-state index contributed by atoms with van der Waals surface area (Å²) < 4.78 is 5.46. The minimum atomic E-state index is -0.208. The van der Waals surface area contributed by atoms with Crippen molar-refractivity contribution in [2.75, 3.05) is 0 Å². The minimum Gasteiger partial charge on any atom is -0.473 e. The molecule has 1 nitrogen and oxygen atoms in total. The van der Waals surface area contributed by atoms with Gasteiger partial charge in [0.15, 0.2) is 6.10 Å². The Hall–Kier alpha value is -1.68. The molecule has 0 saturated carbocycles. The molecule has 0 radical (unpaired) electrons. The molecule has 1 heteroatoms. The molecular weight excluding hydrogens is 148 g/mol. The highest BCUT2D eigenvalue weighted by atomic mass is 16.5. The zero-order chi connectivity index (χ0) is 8.39. The molecule has 0 amide bonds. The van der Waals surface area contributed by atoms with Gasteiger partial charge in [-0.3, -0.25) is 0 Å². The minimum absolute atomic E-state index is 0.208. The second kappa shape index (κ2) is 2.75. The highest BCUT2D eigenvalue weighted by molar-refractivity contribution is 5.60. The first-order valence-corrected chi connectivity index (χ1v) is 3.80. The van der Waals surface area contributed by atoms with Gasteiger partial charge in [-0.15, -0.1) is 6.42 Å². The summed E-state index contributed by atoms with van der Waals surface area (Å²) >= 11 is 0. The van der Waals surface area contributed by atoms with Gasteiger partial charge in [-0.2, -0.15) is 0 Å². The molecule has 0 fully saturated rings. The molecule has 0 aromatic heterocycles. The Morgan fingerprint density at radius 3 is 3.00 bits per heavy atom. The summed E-state index contributed by atoms with van der Waals surface area (Å²) in [5, 5.41) is 0. The monoisotopic (exact) mass is 156 g/mol. The van der Waals surface area contributed by atoms with Crippen molar-refractivity contribution in [1.29, 1.82) is 0 Å². The Balaban J connectivity index is 2.41. The summed E-state index contributed by atoms with van der Waals surface area (Å²) in [5.74, 6) is 3.40. The quantitative estimate of drug-likeness (QED) is 0.522. The summed E-state index contributed by atoms with van der Waals surface area (Å²) in [6.07, 6.45) is 8.89. The van der Waals surface area contributed by atoms with Crippen molar-refractivity contribution in [3.63, 3.8) is 0 Å². The van der Waals surface area contributed by atoms with E-state index in [9.17, 15) is 0 Å². The summed E-state index contributed by atoms with van der Waals surface area (Å²) in [5.41, 5.74) is 1.09. The Morgan fingerprint density at radius 1 is 1.33 bits per heavy atom. The third-order valence-electron chi connectivity index (χ3n) is 1.79. The van der Waals surface area contributed by atoms with Gasteiger partial charge in [-0.1, -0.05) is 30.2 Å². The fourth-order valence-corrected chi connectivity index (χ4v) is 1.18. The Kier molecular flexibility index (Phi) is 1.60. The van der Waals surface area contributed by atoms with Crippen LogP contribution in [0.4, 0.5) is 0 Å². The van der Waals surface area contributed by atoms with Crippen LogP contribution >= 0.6 is 0 Å². The van der Waals surface area contributed by atoms with E-state index in [0.29, 0.717) is 0 Å². The molecule has 1 heterocycles. The molecule has 12 heavy (non-hydrogen) atoms. The zero-order valence-electron chi connectivity index (χ0n) is 6.53. The van der Waals surface area contributed by atoms with Crippen LogP contribution in [-0.4, -0.2) is 6.10 Å². The fourth-order valence-electron chi connectivity index (χ4n) is 1.18. The van der Waals surface area contributed by atoms with Crippen molar-refractivity contribution >= 4 is 6.08 Å². The first-order chi connectivity index (χ1) is 5.90. The number of ether oxygens (including phenoxy) is 1. The van der Waals surface area contributed by atoms with Gasteiger partial charge in [0.2, 0.25) is 0 Å². The smallest absolute Gasteiger partial charge is 0.177 e. The second-order valence-corrected chi connectivity index (χ2v) is 2.60. The first kappa shape index (κ1) is 7.00. The lowest BCUT2D eigenvalue weighted by Crippen LogP contribution is -2.13. The average Bonchev–Trinajstić information content (AvgIpc) is 2.17. The van der Waals surface area contributed by atoms with Gasteiger partial charge in [-0.25, -0.2) is 0 Å². The summed E-state index contributed by atoms with van der Waals surface area (Å²) in [6, 6.07) is 7.83. The van der Waals surface area contributed by atoms with Crippen molar-refractivity contribution in [2.45, 2.75) is 6.10 Å². The van der Waals surface area contributed by atoms with Crippen molar-refractivity contribution < 1.29 is 4.74 Å². The number of terminal acetylenes is 1. The van der Waals surface area contributed by atoms with E-state index in [4.69, 9.17) is 11.2 Å². The average molecular weight is 156 g/mol. The number of benzene rings is 1. The van der Waals surface area contributed by atoms with Crippen LogP contribution in [0.2, 0.25) is 0 Å². The summed E-state index contributed by atoms with van der Waals surface area (Å²) in [6.45, 7) is 0. The summed E-state index contributed by atoms with van der Waals surface area (Å²) in [7, 11) is 0. The standard InChI is InChI=1S/C11H8O/c1-2-10-8-7-9-5-3-4-6-11(9)12-10/h1,3-8,10H. The third-order valence-corrected chi connectivity index (χ3v) is 1.79. The normalized spacial score (nSPS) is 19.1. The zero-order valence-corrected chi connectivity index (χ0v) is 6.53. The van der Waals surface area contributed by atoms with Crippen LogP contribution in [0.15, 0.2) is 30.3 Å². The van der Waals surface area contributed by atoms with E-state index in [1.54, 1.807) is 0 Å². The Bertz CT molecular complexity index is 358. The number of rotatable bonds is 0.